The Morgan fingerprint density at radius 2 is 2.08 bits per heavy atom. The predicted molar refractivity (Wildman–Crippen MR) is 108 cm³/mol. The average Bonchev–Trinajstić information content (AvgIpc) is 3.15. The number of halogens is 2. The quantitative estimate of drug-likeness (QED) is 0.524. The molecular formula is C19H13Cl2N3OS. The number of hydrogen-bond donors (Lipinski definition) is 1. The van der Waals surface area contributed by atoms with E-state index in [1.54, 1.807) is 31.5 Å². The van der Waals surface area contributed by atoms with E-state index in [2.05, 4.69) is 16.4 Å². The summed E-state index contributed by atoms with van der Waals surface area (Å²) in [6.45, 7) is 0. The van der Waals surface area contributed by atoms with Gasteiger partial charge in [0, 0.05) is 17.1 Å². The molecule has 1 aromatic heterocycles. The summed E-state index contributed by atoms with van der Waals surface area (Å²) in [5.74, 6) is 0.755. The van der Waals surface area contributed by atoms with Crippen LogP contribution in [0.5, 0.6) is 5.75 Å². The Balaban J connectivity index is 1.86. The van der Waals surface area contributed by atoms with Crippen molar-refractivity contribution < 1.29 is 4.74 Å². The SMILES string of the molecule is COc1cccc(-c2csc(/C(C#N)=C\Nc3cccc(Cl)c3Cl)n2)c1. The van der Waals surface area contributed by atoms with Crippen LogP contribution in [0.2, 0.25) is 10.0 Å². The fraction of sp³-hybridized carbons (Fsp3) is 0.0526. The van der Waals surface area contributed by atoms with E-state index in [4.69, 9.17) is 27.9 Å². The number of anilines is 1. The first-order valence-electron chi connectivity index (χ1n) is 7.53. The van der Waals surface area contributed by atoms with Gasteiger partial charge in [-0.2, -0.15) is 5.26 Å². The lowest BCUT2D eigenvalue weighted by molar-refractivity contribution is 0.415. The van der Waals surface area contributed by atoms with Crippen molar-refractivity contribution in [2.45, 2.75) is 0 Å². The molecule has 0 unspecified atom stereocenters. The van der Waals surface area contributed by atoms with Crippen LogP contribution in [0.15, 0.2) is 54.0 Å². The third kappa shape index (κ3) is 4.00. The molecule has 4 nitrogen and oxygen atoms in total. The molecule has 3 aromatic rings. The minimum Gasteiger partial charge on any atom is -0.497 e. The van der Waals surface area contributed by atoms with Crippen LogP contribution in [0.1, 0.15) is 5.01 Å². The minimum absolute atomic E-state index is 0.402. The van der Waals surface area contributed by atoms with Gasteiger partial charge in [0.05, 0.1) is 28.5 Å². The highest BCUT2D eigenvalue weighted by Gasteiger charge is 2.10. The zero-order valence-electron chi connectivity index (χ0n) is 13.7. The number of benzene rings is 2. The topological polar surface area (TPSA) is 57.9 Å². The smallest absolute Gasteiger partial charge is 0.136 e. The van der Waals surface area contributed by atoms with Crippen LogP contribution in [0.25, 0.3) is 16.8 Å². The van der Waals surface area contributed by atoms with Crippen molar-refractivity contribution in [1.82, 2.24) is 4.98 Å². The van der Waals surface area contributed by atoms with Gasteiger partial charge in [-0.15, -0.1) is 11.3 Å². The van der Waals surface area contributed by atoms with Crippen molar-refractivity contribution in [1.29, 1.82) is 5.26 Å². The van der Waals surface area contributed by atoms with Gasteiger partial charge in [0.2, 0.25) is 0 Å². The van der Waals surface area contributed by atoms with Crippen molar-refractivity contribution in [2.24, 2.45) is 0 Å². The zero-order chi connectivity index (χ0) is 18.5. The van der Waals surface area contributed by atoms with Crippen molar-refractivity contribution in [3.05, 3.63) is 69.1 Å². The molecule has 0 radical (unpaired) electrons. The van der Waals surface area contributed by atoms with Gasteiger partial charge < -0.3 is 10.1 Å². The van der Waals surface area contributed by atoms with Gasteiger partial charge in [0.25, 0.3) is 0 Å². The van der Waals surface area contributed by atoms with Crippen molar-refractivity contribution in [2.75, 3.05) is 12.4 Å². The highest BCUT2D eigenvalue weighted by Crippen LogP contribution is 2.31. The first kappa shape index (κ1) is 18.3. The number of nitrogens with one attached hydrogen (secondary N) is 1. The molecule has 1 heterocycles. The Morgan fingerprint density at radius 1 is 1.27 bits per heavy atom. The molecule has 0 saturated carbocycles. The summed E-state index contributed by atoms with van der Waals surface area (Å²) in [6, 6.07) is 15.0. The van der Waals surface area contributed by atoms with Crippen molar-refractivity contribution in [3.63, 3.8) is 0 Å². The van der Waals surface area contributed by atoms with Crippen LogP contribution >= 0.6 is 34.5 Å². The molecule has 26 heavy (non-hydrogen) atoms. The molecular weight excluding hydrogens is 389 g/mol. The molecule has 0 atom stereocenters. The first-order valence-corrected chi connectivity index (χ1v) is 9.17. The number of allylic oxidation sites excluding steroid dienone is 1. The molecule has 1 N–H and O–H groups in total. The molecule has 2 aromatic carbocycles. The summed E-state index contributed by atoms with van der Waals surface area (Å²) < 4.78 is 5.24. The molecule has 0 bridgehead atoms. The van der Waals surface area contributed by atoms with Crippen LogP contribution in [-0.4, -0.2) is 12.1 Å². The van der Waals surface area contributed by atoms with Gasteiger partial charge in [-0.3, -0.25) is 0 Å². The van der Waals surface area contributed by atoms with E-state index in [1.807, 2.05) is 29.6 Å². The highest BCUT2D eigenvalue weighted by molar-refractivity contribution is 7.11. The summed E-state index contributed by atoms with van der Waals surface area (Å²) in [5.41, 5.74) is 2.73. The predicted octanol–water partition coefficient (Wildman–Crippen LogP) is 6.10. The van der Waals surface area contributed by atoms with E-state index in [1.165, 1.54) is 11.3 Å². The van der Waals surface area contributed by atoms with Gasteiger partial charge in [-0.05, 0) is 24.3 Å². The molecule has 0 fully saturated rings. The van der Waals surface area contributed by atoms with Crippen LogP contribution in [-0.2, 0) is 0 Å². The maximum absolute atomic E-state index is 9.47. The van der Waals surface area contributed by atoms with Gasteiger partial charge in [-0.25, -0.2) is 4.98 Å². The number of rotatable bonds is 5. The summed E-state index contributed by atoms with van der Waals surface area (Å²) in [4.78, 5) is 4.55. The summed E-state index contributed by atoms with van der Waals surface area (Å²) in [6.07, 6.45) is 1.58. The Hall–Kier alpha value is -2.52. The van der Waals surface area contributed by atoms with Crippen molar-refractivity contribution in [3.8, 4) is 23.1 Å². The van der Waals surface area contributed by atoms with Crippen LogP contribution in [0.4, 0.5) is 5.69 Å². The van der Waals surface area contributed by atoms with E-state index in [0.717, 1.165) is 17.0 Å². The lowest BCUT2D eigenvalue weighted by Crippen LogP contribution is -1.92. The number of nitriles is 1. The standard InChI is InChI=1S/C19H13Cl2N3OS/c1-25-14-5-2-4-12(8-14)17-11-26-19(24-17)13(9-22)10-23-16-7-3-6-15(20)18(16)21/h2-8,10-11,23H,1H3/b13-10-. The Bertz CT molecular complexity index is 1010. The van der Waals surface area contributed by atoms with E-state index in [-0.39, 0.29) is 0 Å². The Kier molecular flexibility index (Phi) is 5.79. The third-order valence-corrected chi connectivity index (χ3v) is 5.24. The minimum atomic E-state index is 0.402. The molecule has 0 aliphatic heterocycles. The molecule has 7 heteroatoms. The molecule has 0 spiro atoms. The maximum atomic E-state index is 9.47. The van der Waals surface area contributed by atoms with E-state index in [9.17, 15) is 5.26 Å². The monoisotopic (exact) mass is 401 g/mol. The summed E-state index contributed by atoms with van der Waals surface area (Å²) in [7, 11) is 1.62. The highest BCUT2D eigenvalue weighted by atomic mass is 35.5. The molecule has 0 saturated heterocycles. The van der Waals surface area contributed by atoms with Crippen LogP contribution in [0, 0.1) is 11.3 Å². The molecule has 3 rings (SSSR count). The normalized spacial score (nSPS) is 11.1. The average molecular weight is 402 g/mol. The molecule has 0 amide bonds. The van der Waals surface area contributed by atoms with Crippen LogP contribution in [0.3, 0.4) is 0 Å². The van der Waals surface area contributed by atoms with Gasteiger partial charge in [0.15, 0.2) is 0 Å². The number of hydrogen-bond acceptors (Lipinski definition) is 5. The number of thiazole rings is 1. The lowest BCUT2D eigenvalue weighted by atomic mass is 10.1. The second kappa shape index (κ2) is 8.24. The Morgan fingerprint density at radius 3 is 2.85 bits per heavy atom. The number of aromatic nitrogens is 1. The molecule has 0 aliphatic carbocycles. The third-order valence-electron chi connectivity index (χ3n) is 3.54. The van der Waals surface area contributed by atoms with Gasteiger partial charge in [-0.1, -0.05) is 41.4 Å². The second-order valence-electron chi connectivity index (χ2n) is 5.19. The fourth-order valence-corrected chi connectivity index (χ4v) is 3.37. The van der Waals surface area contributed by atoms with E-state index >= 15 is 0 Å². The largest absolute Gasteiger partial charge is 0.497 e. The zero-order valence-corrected chi connectivity index (χ0v) is 16.0. The van der Waals surface area contributed by atoms with Crippen LogP contribution < -0.4 is 10.1 Å². The summed E-state index contributed by atoms with van der Waals surface area (Å²) >= 11 is 13.5. The number of nitrogens with zero attached hydrogens (tertiary/aromatic N) is 2. The number of ether oxygens (including phenoxy) is 1. The van der Waals surface area contributed by atoms with E-state index < -0.39 is 0 Å². The Labute approximate surface area is 165 Å². The number of methoxy groups -OCH3 is 1. The fourth-order valence-electron chi connectivity index (χ4n) is 2.22. The molecule has 130 valence electrons. The lowest BCUT2D eigenvalue weighted by Gasteiger charge is -2.05. The van der Waals surface area contributed by atoms with E-state index in [0.29, 0.717) is 26.3 Å². The van der Waals surface area contributed by atoms with Crippen molar-refractivity contribution >= 4 is 45.8 Å². The summed E-state index contributed by atoms with van der Waals surface area (Å²) in [5, 5.41) is 15.8. The van der Waals surface area contributed by atoms with Gasteiger partial charge in [0.1, 0.15) is 22.4 Å². The van der Waals surface area contributed by atoms with Gasteiger partial charge >= 0.3 is 0 Å². The second-order valence-corrected chi connectivity index (χ2v) is 6.83. The first-order chi connectivity index (χ1) is 12.6. The molecule has 0 aliphatic rings. The maximum Gasteiger partial charge on any atom is 0.136 e.